The maximum absolute atomic E-state index is 12.9. The van der Waals surface area contributed by atoms with E-state index in [0.29, 0.717) is 19.3 Å². The van der Waals surface area contributed by atoms with Crippen LogP contribution in [0.25, 0.3) is 0 Å². The summed E-state index contributed by atoms with van der Waals surface area (Å²) < 4.78 is 17.0. The van der Waals surface area contributed by atoms with E-state index in [1.54, 1.807) is 0 Å². The first kappa shape index (κ1) is 78.1. The Bertz CT molecular complexity index is 1250. The quantitative estimate of drug-likeness (QED) is 0.0261. The second kappa shape index (κ2) is 69.6. The Hall–Kier alpha value is -1.85. The molecule has 0 radical (unpaired) electrons. The summed E-state index contributed by atoms with van der Waals surface area (Å²) in [6.45, 7) is 6.72. The molecule has 0 rings (SSSR count). The number of ether oxygens (including phenoxy) is 3. The first-order valence-electron chi connectivity index (χ1n) is 36.7. The van der Waals surface area contributed by atoms with Crippen LogP contribution in [0.4, 0.5) is 0 Å². The lowest BCUT2D eigenvalue weighted by Gasteiger charge is -2.18. The molecule has 1 unspecified atom stereocenters. The predicted octanol–water partition coefficient (Wildman–Crippen LogP) is 25.2. The van der Waals surface area contributed by atoms with E-state index in [9.17, 15) is 14.4 Å². The lowest BCUT2D eigenvalue weighted by atomic mass is 10.0. The van der Waals surface area contributed by atoms with Crippen molar-refractivity contribution in [2.24, 2.45) is 0 Å². The maximum Gasteiger partial charge on any atom is 0.306 e. The van der Waals surface area contributed by atoms with E-state index in [1.807, 2.05) is 0 Å². The van der Waals surface area contributed by atoms with Crippen LogP contribution in [0.3, 0.4) is 0 Å². The highest BCUT2D eigenvalue weighted by molar-refractivity contribution is 5.71. The molecule has 474 valence electrons. The number of carbonyl (C=O) groups is 3. The smallest absolute Gasteiger partial charge is 0.306 e. The molecule has 0 saturated heterocycles. The van der Waals surface area contributed by atoms with Crippen LogP contribution in [0.5, 0.6) is 0 Å². The van der Waals surface area contributed by atoms with Gasteiger partial charge in [0, 0.05) is 19.3 Å². The fourth-order valence-corrected chi connectivity index (χ4v) is 11.5. The van der Waals surface area contributed by atoms with Crippen LogP contribution >= 0.6 is 0 Å². The summed E-state index contributed by atoms with van der Waals surface area (Å²) in [5.74, 6) is -0.838. The number of carbonyl (C=O) groups excluding carboxylic acids is 3. The largest absolute Gasteiger partial charge is 0.462 e. The zero-order valence-electron chi connectivity index (χ0n) is 54.6. The molecular formula is C74H142O6. The maximum atomic E-state index is 12.9. The van der Waals surface area contributed by atoms with Crippen LogP contribution in [-0.2, 0) is 28.6 Å². The predicted molar refractivity (Wildman–Crippen MR) is 349 cm³/mol. The Morgan fingerprint density at radius 3 is 0.625 bits per heavy atom. The summed E-state index contributed by atoms with van der Waals surface area (Å²) in [4.78, 5) is 38.4. The van der Waals surface area contributed by atoms with Gasteiger partial charge in [-0.05, 0) is 44.9 Å². The van der Waals surface area contributed by atoms with E-state index in [0.717, 1.165) is 64.2 Å². The third-order valence-electron chi connectivity index (χ3n) is 17.0. The molecule has 0 bridgehead atoms. The molecule has 6 heteroatoms. The number of esters is 3. The summed E-state index contributed by atoms with van der Waals surface area (Å²) >= 11 is 0. The molecular weight excluding hydrogens is 985 g/mol. The van der Waals surface area contributed by atoms with Crippen molar-refractivity contribution in [3.8, 4) is 0 Å². The third kappa shape index (κ3) is 66.9. The van der Waals surface area contributed by atoms with Crippen molar-refractivity contribution in [2.45, 2.75) is 431 Å². The molecule has 0 aromatic rings. The van der Waals surface area contributed by atoms with Gasteiger partial charge in [0.1, 0.15) is 13.2 Å². The first-order chi connectivity index (χ1) is 39.5. The zero-order chi connectivity index (χ0) is 57.8. The molecule has 6 nitrogen and oxygen atoms in total. The Kier molecular flexibility index (Phi) is 68.0. The van der Waals surface area contributed by atoms with Crippen molar-refractivity contribution >= 4 is 17.9 Å². The molecule has 80 heavy (non-hydrogen) atoms. The molecule has 0 aliphatic carbocycles. The van der Waals surface area contributed by atoms with Crippen LogP contribution in [0.1, 0.15) is 425 Å². The second-order valence-corrected chi connectivity index (χ2v) is 25.2. The van der Waals surface area contributed by atoms with Gasteiger partial charge in [0.25, 0.3) is 0 Å². The number of rotatable bonds is 69. The van der Waals surface area contributed by atoms with Gasteiger partial charge in [0.2, 0.25) is 0 Å². The van der Waals surface area contributed by atoms with Gasteiger partial charge in [-0.1, -0.05) is 373 Å². The summed E-state index contributed by atoms with van der Waals surface area (Å²) in [5.41, 5.74) is 0. The van der Waals surface area contributed by atoms with Gasteiger partial charge < -0.3 is 14.2 Å². The van der Waals surface area contributed by atoms with Crippen molar-refractivity contribution in [2.75, 3.05) is 13.2 Å². The van der Waals surface area contributed by atoms with Crippen LogP contribution in [0.2, 0.25) is 0 Å². The standard InChI is InChI=1S/C74H142O6/c1-4-7-10-13-16-19-22-25-28-30-32-33-34-35-36-37-38-39-40-41-43-44-46-49-52-55-58-61-64-67-73(76)79-70-71(69-78-72(75)66-63-60-57-54-51-48-27-24-21-18-15-12-9-6-3)80-74(77)68-65-62-59-56-53-50-47-45-42-31-29-26-23-20-17-14-11-8-5-2/h24,27,71H,4-23,25-26,28-70H2,1-3H3/b27-24-. The van der Waals surface area contributed by atoms with E-state index in [1.165, 1.54) is 321 Å². The molecule has 0 aromatic heterocycles. The highest BCUT2D eigenvalue weighted by Crippen LogP contribution is 2.19. The Balaban J connectivity index is 4.16. The average Bonchev–Trinajstić information content (AvgIpc) is 3.46. The zero-order valence-corrected chi connectivity index (χ0v) is 54.6. The van der Waals surface area contributed by atoms with Gasteiger partial charge in [-0.3, -0.25) is 14.4 Å². The minimum Gasteiger partial charge on any atom is -0.462 e. The molecule has 0 aromatic carbocycles. The fourth-order valence-electron chi connectivity index (χ4n) is 11.5. The second-order valence-electron chi connectivity index (χ2n) is 25.2. The first-order valence-corrected chi connectivity index (χ1v) is 36.7. The minimum atomic E-state index is -0.770. The van der Waals surface area contributed by atoms with Gasteiger partial charge in [-0.15, -0.1) is 0 Å². The normalized spacial score (nSPS) is 12.0. The highest BCUT2D eigenvalue weighted by atomic mass is 16.6. The Morgan fingerprint density at radius 2 is 0.412 bits per heavy atom. The lowest BCUT2D eigenvalue weighted by Crippen LogP contribution is -2.30. The van der Waals surface area contributed by atoms with Crippen LogP contribution in [0.15, 0.2) is 12.2 Å². The molecule has 1 atom stereocenters. The van der Waals surface area contributed by atoms with E-state index >= 15 is 0 Å². The number of unbranched alkanes of at least 4 members (excludes halogenated alkanes) is 56. The monoisotopic (exact) mass is 1130 g/mol. The molecule has 0 aliphatic rings. The van der Waals surface area contributed by atoms with E-state index < -0.39 is 6.10 Å². The molecule has 0 fully saturated rings. The van der Waals surface area contributed by atoms with Gasteiger partial charge in [0.05, 0.1) is 0 Å². The van der Waals surface area contributed by atoms with Crippen molar-refractivity contribution in [1.29, 1.82) is 0 Å². The molecule has 0 spiro atoms. The van der Waals surface area contributed by atoms with E-state index in [-0.39, 0.29) is 31.1 Å². The van der Waals surface area contributed by atoms with E-state index in [2.05, 4.69) is 32.9 Å². The van der Waals surface area contributed by atoms with Crippen molar-refractivity contribution in [3.05, 3.63) is 12.2 Å². The Morgan fingerprint density at radius 1 is 0.237 bits per heavy atom. The van der Waals surface area contributed by atoms with E-state index in [4.69, 9.17) is 14.2 Å². The van der Waals surface area contributed by atoms with Crippen molar-refractivity contribution in [3.63, 3.8) is 0 Å². The van der Waals surface area contributed by atoms with Gasteiger partial charge in [0.15, 0.2) is 6.10 Å². The molecule has 0 N–H and O–H groups in total. The number of hydrogen-bond donors (Lipinski definition) is 0. The molecule has 0 aliphatic heterocycles. The van der Waals surface area contributed by atoms with Crippen LogP contribution in [0, 0.1) is 0 Å². The topological polar surface area (TPSA) is 78.9 Å². The summed E-state index contributed by atoms with van der Waals surface area (Å²) in [6, 6.07) is 0. The minimum absolute atomic E-state index is 0.0656. The van der Waals surface area contributed by atoms with Crippen LogP contribution in [-0.4, -0.2) is 37.2 Å². The van der Waals surface area contributed by atoms with Gasteiger partial charge in [-0.25, -0.2) is 0 Å². The highest BCUT2D eigenvalue weighted by Gasteiger charge is 2.20. The van der Waals surface area contributed by atoms with Gasteiger partial charge >= 0.3 is 17.9 Å². The lowest BCUT2D eigenvalue weighted by molar-refractivity contribution is -0.167. The average molecular weight is 1130 g/mol. The summed E-state index contributed by atoms with van der Waals surface area (Å²) in [7, 11) is 0. The SMILES string of the molecule is CCCCCCC/C=C\CCCCCCCC(=O)OCC(COC(=O)CCCCCCCCCCCCCCCCCCCCCCCCCCCCCCC)OC(=O)CCCCCCCCCCCCCCCCCCCCC. The summed E-state index contributed by atoms with van der Waals surface area (Å²) in [5, 5.41) is 0. The number of allylic oxidation sites excluding steroid dienone is 2. The van der Waals surface area contributed by atoms with Crippen molar-refractivity contribution < 1.29 is 28.6 Å². The molecule has 0 amide bonds. The molecule has 0 heterocycles. The van der Waals surface area contributed by atoms with Crippen LogP contribution < -0.4 is 0 Å². The number of hydrogen-bond acceptors (Lipinski definition) is 6. The fraction of sp³-hybridized carbons (Fsp3) is 0.932. The summed E-state index contributed by atoms with van der Waals surface area (Å²) in [6.07, 6.45) is 84.0. The third-order valence-corrected chi connectivity index (χ3v) is 17.0. The molecule has 0 saturated carbocycles. The Labute approximate surface area is 501 Å². The van der Waals surface area contributed by atoms with Crippen molar-refractivity contribution in [1.82, 2.24) is 0 Å². The van der Waals surface area contributed by atoms with Gasteiger partial charge in [-0.2, -0.15) is 0 Å².